The van der Waals surface area contributed by atoms with E-state index in [9.17, 15) is 35.9 Å². The highest BCUT2D eigenvalue weighted by Gasteiger charge is 2.34. The number of rotatable bonds is 6. The Morgan fingerprint density at radius 1 is 1.15 bits per heavy atom. The summed E-state index contributed by atoms with van der Waals surface area (Å²) < 4.78 is 81.8. The van der Waals surface area contributed by atoms with Gasteiger partial charge < -0.3 is 14.6 Å². The average Bonchev–Trinajstić information content (AvgIpc) is 2.74. The van der Waals surface area contributed by atoms with Gasteiger partial charge in [0.25, 0.3) is 5.56 Å². The quantitative estimate of drug-likeness (QED) is 0.485. The molecule has 2 aromatic heterocycles. The van der Waals surface area contributed by atoms with E-state index >= 15 is 0 Å². The molecule has 1 aliphatic heterocycles. The Morgan fingerprint density at radius 3 is 2.32 bits per heavy atom. The standard InChI is InChI=1S/C21H22F6N4O3/c1-12(6-14-7-16(21(25,26)27)18(33)28-9-14)34-17(32)8-13-2-4-31(5-3-13)19-29-10-15(11-30-19)20(22,23)24/h7,9-13H,2-6,8H2,1H3,(H,28,33)/t12-/m0/s1. The van der Waals surface area contributed by atoms with Crippen molar-refractivity contribution >= 4 is 11.9 Å². The Kier molecular flexibility index (Phi) is 7.51. The first-order valence-electron chi connectivity index (χ1n) is 10.5. The van der Waals surface area contributed by atoms with Gasteiger partial charge >= 0.3 is 18.3 Å². The molecule has 0 bridgehead atoms. The van der Waals surface area contributed by atoms with Crippen LogP contribution in [0.15, 0.2) is 29.5 Å². The van der Waals surface area contributed by atoms with Gasteiger partial charge in [-0.3, -0.25) is 9.59 Å². The third kappa shape index (κ3) is 6.70. The second kappa shape index (κ2) is 10.0. The largest absolute Gasteiger partial charge is 0.462 e. The summed E-state index contributed by atoms with van der Waals surface area (Å²) in [5, 5.41) is 0. The average molecular weight is 492 g/mol. The van der Waals surface area contributed by atoms with Gasteiger partial charge in [-0.2, -0.15) is 26.3 Å². The predicted molar refractivity (Wildman–Crippen MR) is 108 cm³/mol. The van der Waals surface area contributed by atoms with Crippen molar-refractivity contribution in [2.75, 3.05) is 18.0 Å². The van der Waals surface area contributed by atoms with Crippen LogP contribution in [0.4, 0.5) is 32.3 Å². The number of aromatic amines is 1. The summed E-state index contributed by atoms with van der Waals surface area (Å²) in [5.74, 6) is -0.339. The number of piperidine rings is 1. The fourth-order valence-electron chi connectivity index (χ4n) is 3.71. The number of carbonyl (C=O) groups excluding carboxylic acids is 1. The van der Waals surface area contributed by atoms with E-state index in [2.05, 4.69) is 9.97 Å². The molecular formula is C21H22F6N4O3. The van der Waals surface area contributed by atoms with Crippen molar-refractivity contribution in [3.8, 4) is 0 Å². The molecule has 0 saturated carbocycles. The number of H-pyrrole nitrogens is 1. The van der Waals surface area contributed by atoms with E-state index in [1.807, 2.05) is 4.98 Å². The molecule has 0 aliphatic carbocycles. The van der Waals surface area contributed by atoms with Gasteiger partial charge in [0.1, 0.15) is 11.7 Å². The van der Waals surface area contributed by atoms with E-state index in [1.165, 1.54) is 0 Å². The maximum Gasteiger partial charge on any atom is 0.421 e. The summed E-state index contributed by atoms with van der Waals surface area (Å²) >= 11 is 0. The number of carbonyl (C=O) groups is 1. The minimum absolute atomic E-state index is 0.00466. The first kappa shape index (κ1) is 25.5. The summed E-state index contributed by atoms with van der Waals surface area (Å²) in [4.78, 5) is 34.9. The van der Waals surface area contributed by atoms with E-state index in [-0.39, 0.29) is 30.3 Å². The van der Waals surface area contributed by atoms with Crippen molar-refractivity contribution < 1.29 is 35.9 Å². The lowest BCUT2D eigenvalue weighted by Gasteiger charge is -2.31. The fraction of sp³-hybridized carbons (Fsp3) is 0.524. The van der Waals surface area contributed by atoms with Gasteiger partial charge in [-0.25, -0.2) is 9.97 Å². The number of anilines is 1. The van der Waals surface area contributed by atoms with Crippen molar-refractivity contribution in [1.82, 2.24) is 15.0 Å². The molecule has 34 heavy (non-hydrogen) atoms. The molecule has 0 radical (unpaired) electrons. The van der Waals surface area contributed by atoms with E-state index in [0.29, 0.717) is 25.9 Å². The number of nitrogens with zero attached hydrogens (tertiary/aromatic N) is 3. The monoisotopic (exact) mass is 492 g/mol. The van der Waals surface area contributed by atoms with Crippen LogP contribution in [0.25, 0.3) is 0 Å². The van der Waals surface area contributed by atoms with Crippen molar-refractivity contribution in [3.63, 3.8) is 0 Å². The van der Waals surface area contributed by atoms with Crippen molar-refractivity contribution in [2.24, 2.45) is 5.92 Å². The number of hydrogen-bond donors (Lipinski definition) is 1. The number of alkyl halides is 6. The number of hydrogen-bond acceptors (Lipinski definition) is 6. The molecule has 0 spiro atoms. The zero-order valence-electron chi connectivity index (χ0n) is 18.0. The van der Waals surface area contributed by atoms with Crippen molar-refractivity contribution in [1.29, 1.82) is 0 Å². The van der Waals surface area contributed by atoms with Crippen molar-refractivity contribution in [3.05, 3.63) is 51.7 Å². The molecule has 3 rings (SSSR count). The van der Waals surface area contributed by atoms with E-state index in [1.54, 1.807) is 11.8 Å². The molecule has 13 heteroatoms. The fourth-order valence-corrected chi connectivity index (χ4v) is 3.71. The highest BCUT2D eigenvalue weighted by molar-refractivity contribution is 5.70. The summed E-state index contributed by atoms with van der Waals surface area (Å²) in [7, 11) is 0. The Balaban J connectivity index is 1.47. The molecule has 1 saturated heterocycles. The SMILES string of the molecule is C[C@@H](Cc1c[nH]c(=O)c(C(F)(F)F)c1)OC(=O)CC1CCN(c2ncc(C(F)(F)F)cn2)CC1. The van der Waals surface area contributed by atoms with Gasteiger partial charge in [-0.15, -0.1) is 0 Å². The van der Waals surface area contributed by atoms with Crippen LogP contribution in [0, 0.1) is 5.92 Å². The Labute approximate surface area is 190 Å². The van der Waals surface area contributed by atoms with E-state index in [0.717, 1.165) is 24.7 Å². The Bertz CT molecular complexity index is 1040. The van der Waals surface area contributed by atoms with Gasteiger partial charge in [0.2, 0.25) is 5.95 Å². The smallest absolute Gasteiger partial charge is 0.421 e. The zero-order chi connectivity index (χ0) is 25.1. The van der Waals surface area contributed by atoms with Crippen LogP contribution >= 0.6 is 0 Å². The van der Waals surface area contributed by atoms with Crippen molar-refractivity contribution in [2.45, 2.75) is 51.1 Å². The lowest BCUT2D eigenvalue weighted by atomic mass is 9.94. The highest BCUT2D eigenvalue weighted by Crippen LogP contribution is 2.30. The first-order valence-corrected chi connectivity index (χ1v) is 10.5. The number of pyridine rings is 1. The number of ether oxygens (including phenoxy) is 1. The molecule has 0 amide bonds. The second-order valence-corrected chi connectivity index (χ2v) is 8.16. The Morgan fingerprint density at radius 2 is 1.76 bits per heavy atom. The molecule has 7 nitrogen and oxygen atoms in total. The molecule has 2 aromatic rings. The van der Waals surface area contributed by atoms with Crippen LogP contribution in [0.1, 0.15) is 42.9 Å². The third-order valence-electron chi connectivity index (χ3n) is 5.44. The molecule has 1 N–H and O–H groups in total. The molecule has 1 aliphatic rings. The van der Waals surface area contributed by atoms with Gasteiger partial charge in [-0.05, 0) is 37.3 Å². The molecule has 1 atom stereocenters. The van der Waals surface area contributed by atoms with Gasteiger partial charge in [0.15, 0.2) is 0 Å². The minimum Gasteiger partial charge on any atom is -0.462 e. The number of nitrogens with one attached hydrogen (secondary N) is 1. The predicted octanol–water partition coefficient (Wildman–Crippen LogP) is 3.98. The molecule has 1 fully saturated rings. The first-order chi connectivity index (χ1) is 15.8. The summed E-state index contributed by atoms with van der Waals surface area (Å²) in [5.41, 5.74) is -3.31. The van der Waals surface area contributed by atoms with Crippen LogP contribution in [0.2, 0.25) is 0 Å². The van der Waals surface area contributed by atoms with Gasteiger partial charge in [0.05, 0.1) is 5.56 Å². The lowest BCUT2D eigenvalue weighted by molar-refractivity contribution is -0.149. The van der Waals surface area contributed by atoms with Crippen LogP contribution in [0.5, 0.6) is 0 Å². The van der Waals surface area contributed by atoms with Crippen LogP contribution in [-0.4, -0.2) is 40.1 Å². The van der Waals surface area contributed by atoms with E-state index < -0.39 is 41.1 Å². The number of esters is 1. The second-order valence-electron chi connectivity index (χ2n) is 8.16. The van der Waals surface area contributed by atoms with Crippen LogP contribution in [0.3, 0.4) is 0 Å². The van der Waals surface area contributed by atoms with Gasteiger partial charge in [0, 0.05) is 44.5 Å². The maximum absolute atomic E-state index is 12.9. The van der Waals surface area contributed by atoms with E-state index in [4.69, 9.17) is 4.74 Å². The molecule has 186 valence electrons. The minimum atomic E-state index is -4.79. The highest BCUT2D eigenvalue weighted by atomic mass is 19.4. The van der Waals surface area contributed by atoms with Gasteiger partial charge in [-0.1, -0.05) is 0 Å². The molecule has 0 unspecified atom stereocenters. The lowest BCUT2D eigenvalue weighted by Crippen LogP contribution is -2.36. The molecular weight excluding hydrogens is 470 g/mol. The summed E-state index contributed by atoms with van der Waals surface area (Å²) in [6.07, 6.45) is -6.15. The zero-order valence-corrected chi connectivity index (χ0v) is 18.0. The number of halogens is 6. The molecule has 0 aromatic carbocycles. The normalized spacial score (nSPS) is 16.4. The third-order valence-corrected chi connectivity index (χ3v) is 5.44. The number of aromatic nitrogens is 3. The molecule has 3 heterocycles. The Hall–Kier alpha value is -3.12. The van der Waals surface area contributed by atoms with Crippen LogP contribution < -0.4 is 10.5 Å². The van der Waals surface area contributed by atoms with Crippen LogP contribution in [-0.2, 0) is 28.3 Å². The maximum atomic E-state index is 12.9. The topological polar surface area (TPSA) is 88.2 Å². The summed E-state index contributed by atoms with van der Waals surface area (Å²) in [6.45, 7) is 2.45. The summed E-state index contributed by atoms with van der Waals surface area (Å²) in [6, 6.07) is 0.738.